The van der Waals surface area contributed by atoms with Gasteiger partial charge in [-0.15, -0.1) is 0 Å². The number of aromatic nitrogens is 4. The Morgan fingerprint density at radius 2 is 1.91 bits per heavy atom. The molecule has 1 aromatic carbocycles. The molecule has 4 rings (SSSR count). The molecule has 0 atom stereocenters. The normalized spacial score (nSPS) is 13.9. The number of amides is 1. The molecule has 32 heavy (non-hydrogen) atoms. The van der Waals surface area contributed by atoms with E-state index in [4.69, 9.17) is 4.74 Å². The minimum absolute atomic E-state index is 0.0130. The van der Waals surface area contributed by atoms with E-state index in [0.717, 1.165) is 41.0 Å². The zero-order valence-corrected chi connectivity index (χ0v) is 19.0. The van der Waals surface area contributed by atoms with Crippen molar-refractivity contribution in [1.82, 2.24) is 24.6 Å². The van der Waals surface area contributed by atoms with E-state index in [2.05, 4.69) is 25.3 Å². The molecular formula is C23H29N7O2. The lowest BCUT2D eigenvalue weighted by atomic mass is 10.1. The van der Waals surface area contributed by atoms with E-state index in [1.165, 1.54) is 0 Å². The standard InChI is InChI=1S/C23H29N7O2/c1-5-24-21-15-22(26-16(2)25-21)29-9-11-30(12-10-29)23(31)20-14-19(27-28(20)3)17-7-6-8-18(13-17)32-4/h6-8,13-15H,5,9-12H2,1-4H3,(H,24,25,26). The van der Waals surface area contributed by atoms with Crippen molar-refractivity contribution >= 4 is 17.5 Å². The second kappa shape index (κ2) is 9.25. The van der Waals surface area contributed by atoms with E-state index < -0.39 is 0 Å². The summed E-state index contributed by atoms with van der Waals surface area (Å²) in [6.45, 7) is 7.42. The third-order valence-electron chi connectivity index (χ3n) is 5.54. The van der Waals surface area contributed by atoms with Crippen LogP contribution in [-0.4, -0.2) is 70.4 Å². The van der Waals surface area contributed by atoms with E-state index in [1.54, 1.807) is 18.8 Å². The number of piperazine rings is 1. The zero-order valence-electron chi connectivity index (χ0n) is 19.0. The Morgan fingerprint density at radius 3 is 2.62 bits per heavy atom. The number of carbonyl (C=O) groups is 1. The van der Waals surface area contributed by atoms with Gasteiger partial charge in [0.15, 0.2) is 0 Å². The van der Waals surface area contributed by atoms with Crippen molar-refractivity contribution in [2.75, 3.05) is 50.1 Å². The van der Waals surface area contributed by atoms with Gasteiger partial charge < -0.3 is 19.9 Å². The van der Waals surface area contributed by atoms with Crippen LogP contribution >= 0.6 is 0 Å². The topological polar surface area (TPSA) is 88.4 Å². The van der Waals surface area contributed by atoms with E-state index >= 15 is 0 Å². The lowest BCUT2D eigenvalue weighted by Gasteiger charge is -2.35. The minimum atomic E-state index is -0.0130. The van der Waals surface area contributed by atoms with Gasteiger partial charge in [-0.2, -0.15) is 5.10 Å². The highest BCUT2D eigenvalue weighted by Crippen LogP contribution is 2.24. The zero-order chi connectivity index (χ0) is 22.7. The van der Waals surface area contributed by atoms with Gasteiger partial charge in [-0.1, -0.05) is 12.1 Å². The quantitative estimate of drug-likeness (QED) is 0.637. The molecule has 1 aliphatic rings. The van der Waals surface area contributed by atoms with Gasteiger partial charge in [0.25, 0.3) is 5.91 Å². The fourth-order valence-electron chi connectivity index (χ4n) is 3.88. The van der Waals surface area contributed by atoms with Crippen molar-refractivity contribution in [1.29, 1.82) is 0 Å². The first-order chi connectivity index (χ1) is 15.5. The Hall–Kier alpha value is -3.62. The maximum Gasteiger partial charge on any atom is 0.272 e. The molecular weight excluding hydrogens is 406 g/mol. The molecule has 1 aliphatic heterocycles. The van der Waals surface area contributed by atoms with Crippen molar-refractivity contribution in [3.8, 4) is 17.0 Å². The van der Waals surface area contributed by atoms with Gasteiger partial charge in [0.05, 0.1) is 12.8 Å². The molecule has 1 amide bonds. The van der Waals surface area contributed by atoms with Gasteiger partial charge in [-0.3, -0.25) is 9.48 Å². The van der Waals surface area contributed by atoms with Crippen LogP contribution in [0.1, 0.15) is 23.2 Å². The number of benzene rings is 1. The fraction of sp³-hybridized carbons (Fsp3) is 0.391. The smallest absolute Gasteiger partial charge is 0.272 e. The van der Waals surface area contributed by atoms with Crippen LogP contribution in [-0.2, 0) is 7.05 Å². The first kappa shape index (κ1) is 21.6. The average Bonchev–Trinajstić information content (AvgIpc) is 3.20. The number of anilines is 2. The van der Waals surface area contributed by atoms with E-state index in [0.29, 0.717) is 31.9 Å². The Balaban J connectivity index is 1.45. The summed E-state index contributed by atoms with van der Waals surface area (Å²) < 4.78 is 6.96. The lowest BCUT2D eigenvalue weighted by Crippen LogP contribution is -2.49. The summed E-state index contributed by atoms with van der Waals surface area (Å²) in [4.78, 5) is 26.3. The number of nitrogens with one attached hydrogen (secondary N) is 1. The first-order valence-corrected chi connectivity index (χ1v) is 10.8. The number of methoxy groups -OCH3 is 1. The molecule has 3 heterocycles. The van der Waals surface area contributed by atoms with Crippen molar-refractivity contribution in [2.24, 2.45) is 7.05 Å². The van der Waals surface area contributed by atoms with Crippen LogP contribution in [0.3, 0.4) is 0 Å². The molecule has 0 aliphatic carbocycles. The maximum atomic E-state index is 13.2. The van der Waals surface area contributed by atoms with Gasteiger partial charge in [0.1, 0.15) is 28.9 Å². The minimum Gasteiger partial charge on any atom is -0.497 e. The van der Waals surface area contributed by atoms with Crippen LogP contribution in [0.5, 0.6) is 5.75 Å². The van der Waals surface area contributed by atoms with Crippen LogP contribution in [0.15, 0.2) is 36.4 Å². The highest BCUT2D eigenvalue weighted by molar-refractivity contribution is 5.94. The number of rotatable bonds is 6. The number of nitrogens with zero attached hydrogens (tertiary/aromatic N) is 6. The molecule has 168 valence electrons. The van der Waals surface area contributed by atoms with Gasteiger partial charge >= 0.3 is 0 Å². The highest BCUT2D eigenvalue weighted by Gasteiger charge is 2.26. The molecule has 0 unspecified atom stereocenters. The Bertz CT molecular complexity index is 1100. The monoisotopic (exact) mass is 435 g/mol. The van der Waals surface area contributed by atoms with Crippen molar-refractivity contribution < 1.29 is 9.53 Å². The highest BCUT2D eigenvalue weighted by atomic mass is 16.5. The molecule has 3 aromatic rings. The molecule has 1 saturated heterocycles. The lowest BCUT2D eigenvalue weighted by molar-refractivity contribution is 0.0735. The molecule has 0 saturated carbocycles. The summed E-state index contributed by atoms with van der Waals surface area (Å²) in [7, 11) is 3.44. The Morgan fingerprint density at radius 1 is 1.12 bits per heavy atom. The van der Waals surface area contributed by atoms with E-state index in [9.17, 15) is 4.79 Å². The number of hydrogen-bond acceptors (Lipinski definition) is 7. The van der Waals surface area contributed by atoms with E-state index in [1.807, 2.05) is 55.1 Å². The molecule has 1 N–H and O–H groups in total. The summed E-state index contributed by atoms with van der Waals surface area (Å²) in [5.74, 6) is 3.20. The molecule has 9 nitrogen and oxygen atoms in total. The van der Waals surface area contributed by atoms with Crippen LogP contribution in [0.2, 0.25) is 0 Å². The SMILES string of the molecule is CCNc1cc(N2CCN(C(=O)c3cc(-c4cccc(OC)c4)nn3C)CC2)nc(C)n1. The summed E-state index contributed by atoms with van der Waals surface area (Å²) >= 11 is 0. The average molecular weight is 436 g/mol. The third kappa shape index (κ3) is 4.51. The van der Waals surface area contributed by atoms with Crippen LogP contribution in [0.4, 0.5) is 11.6 Å². The first-order valence-electron chi connectivity index (χ1n) is 10.8. The number of carbonyl (C=O) groups excluding carboxylic acids is 1. The number of aryl methyl sites for hydroxylation is 2. The molecule has 2 aromatic heterocycles. The van der Waals surface area contributed by atoms with Crippen molar-refractivity contribution in [2.45, 2.75) is 13.8 Å². The molecule has 1 fully saturated rings. The molecule has 0 spiro atoms. The molecule has 9 heteroatoms. The summed E-state index contributed by atoms with van der Waals surface area (Å²) in [6.07, 6.45) is 0. The number of hydrogen-bond donors (Lipinski definition) is 1. The molecule has 0 bridgehead atoms. The Kier molecular flexibility index (Phi) is 6.25. The van der Waals surface area contributed by atoms with Gasteiger partial charge in [-0.05, 0) is 32.0 Å². The second-order valence-corrected chi connectivity index (χ2v) is 7.74. The van der Waals surface area contributed by atoms with Crippen molar-refractivity contribution in [3.05, 3.63) is 47.9 Å². The van der Waals surface area contributed by atoms with E-state index in [-0.39, 0.29) is 5.91 Å². The predicted octanol–water partition coefficient (Wildman–Crippen LogP) is 2.59. The van der Waals surface area contributed by atoms with Gasteiger partial charge in [0, 0.05) is 51.4 Å². The van der Waals surface area contributed by atoms with Gasteiger partial charge in [-0.25, -0.2) is 9.97 Å². The van der Waals surface area contributed by atoms with Crippen LogP contribution in [0.25, 0.3) is 11.3 Å². The second-order valence-electron chi connectivity index (χ2n) is 7.74. The molecule has 0 radical (unpaired) electrons. The maximum absolute atomic E-state index is 13.2. The summed E-state index contributed by atoms with van der Waals surface area (Å²) in [5.41, 5.74) is 2.24. The number of ether oxygens (including phenoxy) is 1. The largest absolute Gasteiger partial charge is 0.497 e. The fourth-order valence-corrected chi connectivity index (χ4v) is 3.88. The van der Waals surface area contributed by atoms with Crippen LogP contribution < -0.4 is 15.0 Å². The third-order valence-corrected chi connectivity index (χ3v) is 5.54. The Labute approximate surface area is 188 Å². The summed E-state index contributed by atoms with van der Waals surface area (Å²) in [5, 5.41) is 7.80. The van der Waals surface area contributed by atoms with Crippen molar-refractivity contribution in [3.63, 3.8) is 0 Å². The summed E-state index contributed by atoms with van der Waals surface area (Å²) in [6, 6.07) is 11.5. The van der Waals surface area contributed by atoms with Crippen LogP contribution in [0, 0.1) is 6.92 Å². The van der Waals surface area contributed by atoms with Gasteiger partial charge in [0.2, 0.25) is 0 Å². The predicted molar refractivity (Wildman–Crippen MR) is 124 cm³/mol.